The van der Waals surface area contributed by atoms with Crippen LogP contribution in [0.25, 0.3) is 0 Å². The molecule has 0 aromatic heterocycles. The summed E-state index contributed by atoms with van der Waals surface area (Å²) in [6, 6.07) is 3.64. The predicted molar refractivity (Wildman–Crippen MR) is 164 cm³/mol. The topological polar surface area (TPSA) is 136 Å². The quantitative estimate of drug-likeness (QED) is 0.355. The number of hydrogen-bond acceptors (Lipinski definition) is 9. The van der Waals surface area contributed by atoms with Gasteiger partial charge in [-0.25, -0.2) is 4.79 Å². The zero-order valence-corrected chi connectivity index (χ0v) is 27.1. The predicted octanol–water partition coefficient (Wildman–Crippen LogP) is 4.47. The lowest BCUT2D eigenvalue weighted by Gasteiger charge is -2.42. The van der Waals surface area contributed by atoms with Crippen LogP contribution in [0.4, 0.5) is 10.5 Å². The van der Waals surface area contributed by atoms with Gasteiger partial charge in [0.2, 0.25) is 5.91 Å². The number of carbonyl (C=O) groups excluding carboxylic acids is 3. The largest absolute Gasteiger partial charge is 0.495 e. The summed E-state index contributed by atoms with van der Waals surface area (Å²) in [4.78, 5) is 40.6. The van der Waals surface area contributed by atoms with Gasteiger partial charge in [0.15, 0.2) is 5.72 Å². The Morgan fingerprint density at radius 3 is 2.66 bits per heavy atom. The fourth-order valence-electron chi connectivity index (χ4n) is 6.03. The fourth-order valence-corrected chi connectivity index (χ4v) is 6.34. The highest BCUT2D eigenvalue weighted by Gasteiger charge is 2.64. The molecule has 4 rings (SSSR count). The van der Waals surface area contributed by atoms with Crippen LogP contribution in [-0.4, -0.2) is 80.1 Å². The molecule has 242 valence electrons. The van der Waals surface area contributed by atoms with Gasteiger partial charge in [-0.2, -0.15) is 0 Å². The third kappa shape index (κ3) is 7.06. The molecular formula is C32H43ClN2O9. The Balaban J connectivity index is 1.79. The maximum atomic E-state index is 13.8. The molecule has 1 aromatic carbocycles. The second-order valence-electron chi connectivity index (χ2n) is 12.0. The number of hydrogen-bond donors (Lipinski definition) is 2. The van der Waals surface area contributed by atoms with Crippen LogP contribution in [0.15, 0.2) is 35.9 Å². The molecule has 3 heterocycles. The summed E-state index contributed by atoms with van der Waals surface area (Å²) in [5, 5.41) is 14.4. The van der Waals surface area contributed by atoms with Crippen molar-refractivity contribution in [3.63, 3.8) is 0 Å². The van der Waals surface area contributed by atoms with Gasteiger partial charge in [0.05, 0.1) is 25.3 Å². The van der Waals surface area contributed by atoms with E-state index in [1.807, 2.05) is 39.0 Å². The number of rotatable bonds is 5. The smallest absolute Gasteiger partial charge is 0.409 e. The van der Waals surface area contributed by atoms with Gasteiger partial charge < -0.3 is 33.7 Å². The number of anilines is 1. The Morgan fingerprint density at radius 1 is 1.27 bits per heavy atom. The lowest BCUT2D eigenvalue weighted by atomic mass is 9.83. The van der Waals surface area contributed by atoms with E-state index in [0.29, 0.717) is 24.3 Å². The Bertz CT molecular complexity index is 1330. The molecule has 2 amide bonds. The zero-order chi connectivity index (χ0) is 32.4. The van der Waals surface area contributed by atoms with E-state index < -0.39 is 53.7 Å². The summed E-state index contributed by atoms with van der Waals surface area (Å²) in [5.41, 5.74) is -0.561. The molecule has 3 aliphatic heterocycles. The minimum absolute atomic E-state index is 0.00742. The average Bonchev–Trinajstić information content (AvgIpc) is 3.66. The van der Waals surface area contributed by atoms with Gasteiger partial charge in [-0.15, -0.1) is 0 Å². The van der Waals surface area contributed by atoms with E-state index in [1.165, 1.54) is 19.1 Å². The highest BCUT2D eigenvalue weighted by atomic mass is 35.5. The first-order valence-electron chi connectivity index (χ1n) is 14.8. The maximum absolute atomic E-state index is 13.8. The Kier molecular flexibility index (Phi) is 10.3. The average molecular weight is 635 g/mol. The van der Waals surface area contributed by atoms with Crippen molar-refractivity contribution in [2.45, 2.75) is 95.5 Å². The van der Waals surface area contributed by atoms with E-state index in [9.17, 15) is 19.5 Å². The van der Waals surface area contributed by atoms with Crippen molar-refractivity contribution in [3.8, 4) is 5.75 Å². The second kappa shape index (κ2) is 13.5. The highest BCUT2D eigenvalue weighted by Crippen LogP contribution is 2.49. The molecule has 0 saturated carbocycles. The number of benzene rings is 1. The first-order valence-corrected chi connectivity index (χ1v) is 15.2. The van der Waals surface area contributed by atoms with Gasteiger partial charge in [0, 0.05) is 32.9 Å². The lowest BCUT2D eigenvalue weighted by Crippen LogP contribution is -2.63. The van der Waals surface area contributed by atoms with Crippen molar-refractivity contribution in [1.82, 2.24) is 5.32 Å². The fraction of sp³-hybridized carbons (Fsp3) is 0.594. The third-order valence-corrected chi connectivity index (χ3v) is 9.06. The number of epoxide rings is 1. The van der Waals surface area contributed by atoms with Crippen LogP contribution in [0.2, 0.25) is 5.02 Å². The van der Waals surface area contributed by atoms with Gasteiger partial charge in [-0.3, -0.25) is 14.9 Å². The molecule has 0 spiro atoms. The number of aliphatic hydroxyl groups is 1. The standard InChI is InChI=1S/C32H43ClN2O9/c1-8-10-27(37)43-25-16-26(36)35(5)21-14-20(15-22(40-6)28(21)33)13-18(2)11-9-12-24(41-7)32(39)17-23(42-30(38)34-32)19(3)29-31(25,4)44-29/h9,11-12,14-15,19,23-25,29,39H,8,10,13,16-17H2,1-7H3,(H,34,38)/b12-9+,18-11-/t19-,23?,24-,25+,29?,31?,32+/m1/s1. The minimum atomic E-state index is -1.76. The molecule has 3 unspecified atom stereocenters. The number of carbonyl (C=O) groups is 3. The van der Waals surface area contributed by atoms with Crippen LogP contribution in [-0.2, 0) is 35.0 Å². The number of esters is 1. The molecule has 2 N–H and O–H groups in total. The molecular weight excluding hydrogens is 592 g/mol. The van der Waals surface area contributed by atoms with E-state index >= 15 is 0 Å². The first-order chi connectivity index (χ1) is 20.8. The maximum Gasteiger partial charge on any atom is 0.409 e. The number of amides is 2. The summed E-state index contributed by atoms with van der Waals surface area (Å²) < 4.78 is 28.8. The van der Waals surface area contributed by atoms with E-state index in [2.05, 4.69) is 5.32 Å². The summed E-state index contributed by atoms with van der Waals surface area (Å²) >= 11 is 6.68. The normalized spacial score (nSPS) is 34.5. The number of fused-ring (bicyclic) bond motifs is 5. The summed E-state index contributed by atoms with van der Waals surface area (Å²) in [6.45, 7) is 7.41. The molecule has 44 heavy (non-hydrogen) atoms. The Hall–Kier alpha value is -3.12. The summed E-state index contributed by atoms with van der Waals surface area (Å²) in [7, 11) is 4.57. The van der Waals surface area contributed by atoms with Crippen LogP contribution in [0.5, 0.6) is 5.75 Å². The number of halogens is 1. The van der Waals surface area contributed by atoms with Crippen molar-refractivity contribution in [2.75, 3.05) is 26.2 Å². The van der Waals surface area contributed by atoms with Crippen molar-refractivity contribution < 1.29 is 43.2 Å². The van der Waals surface area contributed by atoms with Gasteiger partial charge in [-0.1, -0.05) is 49.2 Å². The van der Waals surface area contributed by atoms with Crippen LogP contribution < -0.4 is 15.0 Å². The number of nitrogens with one attached hydrogen (secondary N) is 1. The van der Waals surface area contributed by atoms with E-state index in [1.54, 1.807) is 26.1 Å². The lowest BCUT2D eigenvalue weighted by molar-refractivity contribution is -0.153. The summed E-state index contributed by atoms with van der Waals surface area (Å²) in [5.74, 6) is -0.813. The van der Waals surface area contributed by atoms with Crippen molar-refractivity contribution in [1.29, 1.82) is 0 Å². The van der Waals surface area contributed by atoms with E-state index in [0.717, 1.165) is 11.1 Å². The molecule has 0 radical (unpaired) electrons. The Morgan fingerprint density at radius 2 is 2.00 bits per heavy atom. The zero-order valence-electron chi connectivity index (χ0n) is 26.3. The van der Waals surface area contributed by atoms with Gasteiger partial charge in [-0.05, 0) is 44.4 Å². The van der Waals surface area contributed by atoms with E-state index in [-0.39, 0.29) is 30.2 Å². The summed E-state index contributed by atoms with van der Waals surface area (Å²) in [6.07, 6.45) is 2.47. The molecule has 2 saturated heterocycles. The Labute approximate surface area is 263 Å². The number of methoxy groups -OCH3 is 2. The first kappa shape index (κ1) is 33.8. The van der Waals surface area contributed by atoms with Crippen LogP contribution in [0.3, 0.4) is 0 Å². The van der Waals surface area contributed by atoms with Gasteiger partial charge >= 0.3 is 12.1 Å². The SMILES string of the molecule is CCCC(=O)O[C@H]1CC(=O)N(C)c2cc(cc(OC)c2Cl)C/C(C)=C\C=C\[C@@H](OC)[C@@]2(O)CC(OC(=O)N2)[C@@H](C)C2OC21C. The van der Waals surface area contributed by atoms with Crippen LogP contribution >= 0.6 is 11.6 Å². The van der Waals surface area contributed by atoms with Gasteiger partial charge in [0.1, 0.15) is 34.7 Å². The number of nitrogens with zero attached hydrogens (tertiary/aromatic N) is 1. The van der Waals surface area contributed by atoms with Crippen LogP contribution in [0, 0.1) is 5.92 Å². The van der Waals surface area contributed by atoms with Crippen LogP contribution in [0.1, 0.15) is 58.9 Å². The molecule has 7 atom stereocenters. The molecule has 2 fully saturated rings. The third-order valence-electron chi connectivity index (χ3n) is 8.68. The second-order valence-corrected chi connectivity index (χ2v) is 12.4. The highest BCUT2D eigenvalue weighted by molar-refractivity contribution is 6.35. The molecule has 4 bridgehead atoms. The van der Waals surface area contributed by atoms with Crippen molar-refractivity contribution >= 4 is 35.3 Å². The molecule has 11 nitrogen and oxygen atoms in total. The number of ether oxygens (including phenoxy) is 5. The molecule has 1 aromatic rings. The van der Waals surface area contributed by atoms with E-state index in [4.69, 9.17) is 35.3 Å². The molecule has 0 aliphatic carbocycles. The number of alkyl carbamates (subject to hydrolysis) is 1. The minimum Gasteiger partial charge on any atom is -0.495 e. The van der Waals surface area contributed by atoms with Crippen molar-refractivity contribution in [3.05, 3.63) is 46.5 Å². The van der Waals surface area contributed by atoms with Gasteiger partial charge in [0.25, 0.3) is 0 Å². The van der Waals surface area contributed by atoms with Crippen molar-refractivity contribution in [2.24, 2.45) is 5.92 Å². The number of allylic oxidation sites excluding steroid dienone is 3. The molecule has 3 aliphatic rings. The monoisotopic (exact) mass is 634 g/mol. The molecule has 12 heteroatoms.